The average Bonchev–Trinajstić information content (AvgIpc) is 4.08. The zero-order valence-corrected chi connectivity index (χ0v) is 38.8. The zero-order chi connectivity index (χ0) is 37.2. The average molecular weight is 1200 g/mol. The van der Waals surface area contributed by atoms with E-state index in [-0.39, 0.29) is 55.6 Å². The Morgan fingerprint density at radius 2 is 0.881 bits per heavy atom. The van der Waals surface area contributed by atoms with Crippen molar-refractivity contribution in [1.82, 2.24) is 19.6 Å². The van der Waals surface area contributed by atoms with E-state index < -0.39 is 0 Å². The Hall–Kier alpha value is -3.65. The fraction of sp³-hybridized carbons (Fsp3) is 0. The van der Waals surface area contributed by atoms with E-state index in [1.54, 1.807) is 11.3 Å². The predicted octanol–water partition coefficient (Wildman–Crippen LogP) is 7.14. The van der Waals surface area contributed by atoms with Crippen LogP contribution in [-0.2, 0) is 42.1 Å². The molecule has 6 aromatic carbocycles. The second-order valence-electron chi connectivity index (χ2n) is 14.1. The molecule has 7 heterocycles. The van der Waals surface area contributed by atoms with Crippen LogP contribution in [0.5, 0.6) is 0 Å². The molecule has 0 N–H and O–H groups in total. The molecule has 0 saturated carbocycles. The van der Waals surface area contributed by atoms with Gasteiger partial charge in [-0.3, -0.25) is 14.7 Å². The summed E-state index contributed by atoms with van der Waals surface area (Å²) in [5.41, 5.74) is 12.2. The number of fused-ring (bicyclic) bond motifs is 8. The monoisotopic (exact) mass is 1200 g/mol. The summed E-state index contributed by atoms with van der Waals surface area (Å²) in [6.07, 6.45) is 7.57. The van der Waals surface area contributed by atoms with E-state index >= 15 is 0 Å². The molecular formula is C46H20B2N4Pt2S5-6. The van der Waals surface area contributed by atoms with E-state index in [1.807, 2.05) is 93.3 Å². The molecule has 0 aliphatic carbocycles. The van der Waals surface area contributed by atoms with Gasteiger partial charge in [0, 0.05) is 66.9 Å². The zero-order valence-electron chi connectivity index (χ0n) is 30.2. The van der Waals surface area contributed by atoms with Gasteiger partial charge in [0.1, 0.15) is 0 Å². The Labute approximate surface area is 392 Å². The van der Waals surface area contributed by atoms with Crippen LogP contribution >= 0.6 is 58.4 Å². The first kappa shape index (κ1) is 38.3. The number of benzene rings is 6. The first-order valence-corrected chi connectivity index (χ1v) is 22.4. The van der Waals surface area contributed by atoms with E-state index in [4.69, 9.17) is 0 Å². The van der Waals surface area contributed by atoms with E-state index in [0.29, 0.717) is 0 Å². The third-order valence-corrected chi connectivity index (χ3v) is 16.3. The van der Waals surface area contributed by atoms with Crippen molar-refractivity contribution in [3.8, 4) is 32.9 Å². The maximum absolute atomic E-state index is 4.51. The van der Waals surface area contributed by atoms with Gasteiger partial charge < -0.3 is 28.5 Å². The number of hydrogen-bond donors (Lipinski definition) is 0. The molecule has 3 aromatic heterocycles. The SMILES string of the molecule is [Pt].[Pt].[c-]1sc(-c2[c-]c3c(cc2)Sc2cccc4c2B3c2[c-]c(-n3cccn3)ccc2S4)[c-]c1-c1[c-]c2c(cc1)Sc1cccc3c1B2c1[c-]c(-n2cccn2)ccc1S3. The van der Waals surface area contributed by atoms with Crippen molar-refractivity contribution in [3.05, 3.63) is 158 Å². The molecule has 0 spiro atoms. The fourth-order valence-corrected chi connectivity index (χ4v) is 13.8. The molecule has 4 aliphatic heterocycles. The third-order valence-electron chi connectivity index (χ3n) is 10.9. The molecule has 4 aliphatic rings. The van der Waals surface area contributed by atoms with Crippen LogP contribution in [0.15, 0.2) is 161 Å². The summed E-state index contributed by atoms with van der Waals surface area (Å²) < 4.78 is 3.78. The van der Waals surface area contributed by atoms with Crippen LogP contribution in [0.25, 0.3) is 32.9 Å². The number of hydrogen-bond acceptors (Lipinski definition) is 7. The third kappa shape index (κ3) is 6.17. The van der Waals surface area contributed by atoms with E-state index in [0.717, 1.165) is 32.9 Å². The summed E-state index contributed by atoms with van der Waals surface area (Å²) in [5.74, 6) is 0. The van der Waals surface area contributed by atoms with Crippen LogP contribution in [0.1, 0.15) is 0 Å². The van der Waals surface area contributed by atoms with Gasteiger partial charge in [-0.1, -0.05) is 21.9 Å². The molecule has 286 valence electrons. The van der Waals surface area contributed by atoms with E-state index in [2.05, 4.69) is 131 Å². The van der Waals surface area contributed by atoms with Crippen LogP contribution in [0.3, 0.4) is 0 Å². The summed E-state index contributed by atoms with van der Waals surface area (Å²) in [5, 5.41) is 12.6. The van der Waals surface area contributed by atoms with Gasteiger partial charge in [-0.15, -0.1) is 75.2 Å². The van der Waals surface area contributed by atoms with Gasteiger partial charge in [0.05, 0.1) is 0 Å². The first-order chi connectivity index (χ1) is 28.2. The molecule has 0 saturated heterocycles. The van der Waals surface area contributed by atoms with Gasteiger partial charge in [-0.2, -0.15) is 84.8 Å². The summed E-state index contributed by atoms with van der Waals surface area (Å²) in [6.45, 7) is 0.0302. The molecule has 0 bridgehead atoms. The normalized spacial score (nSPS) is 13.5. The van der Waals surface area contributed by atoms with Crippen molar-refractivity contribution in [3.63, 3.8) is 0 Å². The Morgan fingerprint density at radius 1 is 0.441 bits per heavy atom. The largest absolute Gasteiger partial charge is 0.366 e. The van der Waals surface area contributed by atoms with E-state index in [1.165, 1.54) is 71.9 Å². The molecule has 59 heavy (non-hydrogen) atoms. The quantitative estimate of drug-likeness (QED) is 0.138. The van der Waals surface area contributed by atoms with Crippen LogP contribution in [0, 0.1) is 35.7 Å². The molecule has 0 amide bonds. The van der Waals surface area contributed by atoms with Crippen molar-refractivity contribution in [1.29, 1.82) is 0 Å². The topological polar surface area (TPSA) is 35.6 Å². The maximum Gasteiger partial charge on any atom is 0.202 e. The Kier molecular flexibility index (Phi) is 9.77. The number of aromatic nitrogens is 4. The van der Waals surface area contributed by atoms with Crippen LogP contribution in [-0.4, -0.2) is 33.0 Å². The van der Waals surface area contributed by atoms with Gasteiger partial charge in [0.25, 0.3) is 0 Å². The van der Waals surface area contributed by atoms with Crippen molar-refractivity contribution < 1.29 is 42.1 Å². The number of rotatable bonds is 4. The smallest absolute Gasteiger partial charge is 0.202 e. The minimum absolute atomic E-state index is 0. The van der Waals surface area contributed by atoms with Crippen molar-refractivity contribution >= 4 is 105 Å². The van der Waals surface area contributed by atoms with Crippen molar-refractivity contribution in [2.75, 3.05) is 0 Å². The Balaban J connectivity index is 0.00000198. The molecule has 9 aromatic rings. The molecule has 0 unspecified atom stereocenters. The Bertz CT molecular complexity index is 2900. The second kappa shape index (κ2) is 15.1. The van der Waals surface area contributed by atoms with Gasteiger partial charge in [-0.25, -0.2) is 12.1 Å². The fourth-order valence-electron chi connectivity index (χ4n) is 8.37. The van der Waals surface area contributed by atoms with Crippen molar-refractivity contribution in [2.45, 2.75) is 39.2 Å². The minimum atomic E-state index is 0. The van der Waals surface area contributed by atoms with Crippen LogP contribution in [0.4, 0.5) is 0 Å². The summed E-state index contributed by atoms with van der Waals surface area (Å²) in [7, 11) is 0. The minimum Gasteiger partial charge on any atom is -0.366 e. The number of nitrogens with zero attached hydrogens (tertiary/aromatic N) is 4. The van der Waals surface area contributed by atoms with E-state index in [9.17, 15) is 0 Å². The molecule has 4 nitrogen and oxygen atoms in total. The molecular weight excluding hydrogens is 1180 g/mol. The molecule has 13 heteroatoms. The summed E-state index contributed by atoms with van der Waals surface area (Å²) in [4.78, 5) is 11.1. The van der Waals surface area contributed by atoms with Gasteiger partial charge >= 0.3 is 0 Å². The van der Waals surface area contributed by atoms with Crippen molar-refractivity contribution in [2.24, 2.45) is 0 Å². The maximum atomic E-state index is 4.51. The Morgan fingerprint density at radius 3 is 1.36 bits per heavy atom. The summed E-state index contributed by atoms with van der Waals surface area (Å²) in [6, 6.07) is 53.9. The van der Waals surface area contributed by atoms with Crippen LogP contribution in [0.2, 0.25) is 0 Å². The standard InChI is InChI=1S/C46H20B2N4S5.2Pt/c1-5-40-45-42(7-1)56-38-15-11-30(51-19-3-17-49-51)24-34(38)47(45)32-21-27(9-13-36(32)54-40)29-23-44(53-26-29)28-10-14-37-33(22-28)48-35-25-31(52-20-4-18-50-52)12-16-39(35)57-43-8-2-6-41(55-37)46(43)48;;/h1-20H;;/q-6;;. The van der Waals surface area contributed by atoms with Gasteiger partial charge in [-0.05, 0) is 78.3 Å². The van der Waals surface area contributed by atoms with Gasteiger partial charge in [0.15, 0.2) is 0 Å². The molecule has 13 rings (SSSR count). The molecule has 0 atom stereocenters. The molecule has 0 radical (unpaired) electrons. The number of thiophene rings is 1. The second-order valence-corrected chi connectivity index (χ2v) is 19.2. The first-order valence-electron chi connectivity index (χ1n) is 18.4. The van der Waals surface area contributed by atoms with Crippen LogP contribution < -0.4 is 32.8 Å². The molecule has 0 fully saturated rings. The summed E-state index contributed by atoms with van der Waals surface area (Å²) >= 11 is 8.93. The predicted molar refractivity (Wildman–Crippen MR) is 234 cm³/mol. The van der Waals surface area contributed by atoms with Gasteiger partial charge in [0.2, 0.25) is 13.4 Å².